The maximum atomic E-state index is 13.6. The lowest BCUT2D eigenvalue weighted by molar-refractivity contribution is -0.386. The van der Waals surface area contributed by atoms with Crippen LogP contribution in [0.1, 0.15) is 12.8 Å². The van der Waals surface area contributed by atoms with Gasteiger partial charge < -0.3 is 14.2 Å². The fourth-order valence-electron chi connectivity index (χ4n) is 1.62. The van der Waals surface area contributed by atoms with E-state index in [0.29, 0.717) is 0 Å². The van der Waals surface area contributed by atoms with E-state index in [4.69, 9.17) is 4.74 Å². The van der Waals surface area contributed by atoms with Crippen LogP contribution in [0.2, 0.25) is 0 Å². The van der Waals surface area contributed by atoms with Crippen molar-refractivity contribution in [1.29, 1.82) is 0 Å². The summed E-state index contributed by atoms with van der Waals surface area (Å²) in [4.78, 5) is 33.1. The van der Waals surface area contributed by atoms with Crippen LogP contribution >= 0.6 is 15.9 Å². The van der Waals surface area contributed by atoms with Crippen molar-refractivity contribution < 1.29 is 33.1 Å². The van der Waals surface area contributed by atoms with Crippen LogP contribution in [0.15, 0.2) is 16.6 Å². The number of nitro benzene ring substituents is 1. The van der Waals surface area contributed by atoms with Crippen LogP contribution < -0.4 is 4.74 Å². The third-order valence-corrected chi connectivity index (χ3v) is 3.38. The maximum absolute atomic E-state index is 13.6. The molecule has 0 aliphatic carbocycles. The summed E-state index contributed by atoms with van der Waals surface area (Å²) >= 11 is 2.83. The van der Waals surface area contributed by atoms with Gasteiger partial charge in [0, 0.05) is 25.0 Å². The molecule has 0 fully saturated rings. The highest BCUT2D eigenvalue weighted by Crippen LogP contribution is 2.33. The molecular formula is C13H13BrFNO7. The average molecular weight is 394 g/mol. The Morgan fingerprint density at radius 1 is 1.35 bits per heavy atom. The van der Waals surface area contributed by atoms with Gasteiger partial charge in [-0.25, -0.2) is 9.18 Å². The van der Waals surface area contributed by atoms with Gasteiger partial charge in [-0.1, -0.05) is 0 Å². The molecule has 0 spiro atoms. The van der Waals surface area contributed by atoms with E-state index in [1.54, 1.807) is 0 Å². The molecule has 1 rings (SSSR count). The van der Waals surface area contributed by atoms with Crippen molar-refractivity contribution >= 4 is 33.6 Å². The zero-order chi connectivity index (χ0) is 17.6. The molecule has 10 heteroatoms. The first-order chi connectivity index (χ1) is 10.8. The van der Waals surface area contributed by atoms with Gasteiger partial charge >= 0.3 is 17.6 Å². The average Bonchev–Trinajstić information content (AvgIpc) is 2.52. The molecule has 0 aliphatic rings. The summed E-state index contributed by atoms with van der Waals surface area (Å²) in [5.74, 6) is -2.70. The summed E-state index contributed by atoms with van der Waals surface area (Å²) in [5.41, 5.74) is -0.537. The Bertz CT molecular complexity index is 623. The van der Waals surface area contributed by atoms with Gasteiger partial charge in [0.1, 0.15) is 5.82 Å². The van der Waals surface area contributed by atoms with Crippen molar-refractivity contribution in [2.24, 2.45) is 0 Å². The molecule has 0 bridgehead atoms. The first-order valence-electron chi connectivity index (χ1n) is 6.24. The minimum absolute atomic E-state index is 0.124. The van der Waals surface area contributed by atoms with Gasteiger partial charge in [0.2, 0.25) is 5.75 Å². The van der Waals surface area contributed by atoms with Gasteiger partial charge in [-0.05, 0) is 15.9 Å². The first kappa shape index (κ1) is 18.8. The normalized spacial score (nSPS) is 11.5. The van der Waals surface area contributed by atoms with E-state index < -0.39 is 40.2 Å². The molecule has 1 atom stereocenters. The van der Waals surface area contributed by atoms with E-state index in [0.717, 1.165) is 19.2 Å². The number of methoxy groups -OCH3 is 2. The molecule has 1 aromatic rings. The summed E-state index contributed by atoms with van der Waals surface area (Å²) in [6.45, 7) is 0. The van der Waals surface area contributed by atoms with Crippen molar-refractivity contribution in [2.45, 2.75) is 18.9 Å². The molecule has 0 unspecified atom stereocenters. The summed E-state index contributed by atoms with van der Waals surface area (Å²) in [7, 11) is 2.26. The van der Waals surface area contributed by atoms with Gasteiger partial charge in [-0.2, -0.15) is 0 Å². The molecule has 0 heterocycles. The Balaban J connectivity index is 3.07. The van der Waals surface area contributed by atoms with Gasteiger partial charge in [-0.15, -0.1) is 0 Å². The largest absolute Gasteiger partial charge is 0.471 e. The van der Waals surface area contributed by atoms with E-state index in [-0.39, 0.29) is 17.3 Å². The Hall–Kier alpha value is -2.23. The van der Waals surface area contributed by atoms with Crippen LogP contribution in [0, 0.1) is 15.9 Å². The van der Waals surface area contributed by atoms with Crippen LogP contribution in [0.4, 0.5) is 10.1 Å². The Morgan fingerprint density at radius 2 is 2.00 bits per heavy atom. The molecule has 0 aliphatic heterocycles. The zero-order valence-electron chi connectivity index (χ0n) is 12.2. The maximum Gasteiger partial charge on any atom is 0.347 e. The Kier molecular flexibility index (Phi) is 6.89. The second-order valence-corrected chi connectivity index (χ2v) is 5.09. The number of nitrogens with zero attached hydrogens (tertiary/aromatic N) is 1. The van der Waals surface area contributed by atoms with E-state index in [1.807, 2.05) is 0 Å². The van der Waals surface area contributed by atoms with Crippen LogP contribution in [-0.4, -0.2) is 37.2 Å². The van der Waals surface area contributed by atoms with Crippen LogP contribution in [-0.2, 0) is 19.1 Å². The van der Waals surface area contributed by atoms with Crippen molar-refractivity contribution in [1.82, 2.24) is 0 Å². The van der Waals surface area contributed by atoms with E-state index in [2.05, 4.69) is 25.4 Å². The minimum atomic E-state index is -1.32. The number of ether oxygens (including phenoxy) is 3. The lowest BCUT2D eigenvalue weighted by atomic mass is 10.2. The summed E-state index contributed by atoms with van der Waals surface area (Å²) < 4.78 is 27.6. The van der Waals surface area contributed by atoms with E-state index >= 15 is 0 Å². The SMILES string of the molecule is COC(=O)CC[C@H](Oc1cc(F)c(Br)cc1[N+](=O)[O-])C(=O)OC. The van der Waals surface area contributed by atoms with Gasteiger partial charge in [-0.3, -0.25) is 14.9 Å². The second-order valence-electron chi connectivity index (χ2n) is 4.24. The van der Waals surface area contributed by atoms with Gasteiger partial charge in [0.15, 0.2) is 6.10 Å². The molecule has 126 valence electrons. The molecular weight excluding hydrogens is 381 g/mol. The standard InChI is InChI=1S/C13H13BrFNO7/c1-21-12(17)4-3-10(13(18)22-2)23-11-6-8(15)7(14)5-9(11)16(19)20/h5-6,10H,3-4H2,1-2H3/t10-/m0/s1. The molecule has 0 radical (unpaired) electrons. The zero-order valence-corrected chi connectivity index (χ0v) is 13.8. The molecule has 0 amide bonds. The third kappa shape index (κ3) is 5.16. The summed E-state index contributed by atoms with van der Waals surface area (Å²) in [5, 5.41) is 11.0. The number of rotatable bonds is 7. The molecule has 8 nitrogen and oxygen atoms in total. The predicted molar refractivity (Wildman–Crippen MR) is 78.4 cm³/mol. The van der Waals surface area contributed by atoms with E-state index in [9.17, 15) is 24.1 Å². The lowest BCUT2D eigenvalue weighted by Crippen LogP contribution is -2.29. The lowest BCUT2D eigenvalue weighted by Gasteiger charge is -2.16. The molecule has 0 N–H and O–H groups in total. The smallest absolute Gasteiger partial charge is 0.347 e. The van der Waals surface area contributed by atoms with Crippen molar-refractivity contribution in [3.8, 4) is 5.75 Å². The highest BCUT2D eigenvalue weighted by atomic mass is 79.9. The summed E-state index contributed by atoms with van der Waals surface area (Å²) in [6.07, 6.45) is -1.64. The van der Waals surface area contributed by atoms with Crippen LogP contribution in [0.3, 0.4) is 0 Å². The predicted octanol–water partition coefficient (Wildman–Crippen LogP) is 2.37. The van der Waals surface area contributed by atoms with Gasteiger partial charge in [0.05, 0.1) is 23.6 Å². The topological polar surface area (TPSA) is 105 Å². The number of halogens is 2. The number of benzene rings is 1. The number of nitro groups is 1. The molecule has 0 saturated carbocycles. The number of esters is 2. The molecule has 1 aromatic carbocycles. The molecule has 0 saturated heterocycles. The Morgan fingerprint density at radius 3 is 2.52 bits per heavy atom. The van der Waals surface area contributed by atoms with E-state index in [1.165, 1.54) is 7.11 Å². The van der Waals surface area contributed by atoms with Crippen molar-refractivity contribution in [2.75, 3.05) is 14.2 Å². The quantitative estimate of drug-likeness (QED) is 0.397. The fourth-order valence-corrected chi connectivity index (χ4v) is 1.95. The fraction of sp³-hybridized carbons (Fsp3) is 0.385. The first-order valence-corrected chi connectivity index (χ1v) is 7.04. The van der Waals surface area contributed by atoms with Crippen molar-refractivity contribution in [3.05, 3.63) is 32.5 Å². The molecule has 23 heavy (non-hydrogen) atoms. The highest BCUT2D eigenvalue weighted by molar-refractivity contribution is 9.10. The van der Waals surface area contributed by atoms with Crippen molar-refractivity contribution in [3.63, 3.8) is 0 Å². The monoisotopic (exact) mass is 393 g/mol. The van der Waals surface area contributed by atoms with Gasteiger partial charge in [0.25, 0.3) is 0 Å². The Labute approximate surface area is 138 Å². The summed E-state index contributed by atoms with van der Waals surface area (Å²) in [6, 6.07) is 1.69. The number of hydrogen-bond acceptors (Lipinski definition) is 7. The number of carbonyl (C=O) groups is 2. The van der Waals surface area contributed by atoms with Crippen LogP contribution in [0.25, 0.3) is 0 Å². The minimum Gasteiger partial charge on any atom is -0.471 e. The highest BCUT2D eigenvalue weighted by Gasteiger charge is 2.27. The number of carbonyl (C=O) groups excluding carboxylic acids is 2. The third-order valence-electron chi connectivity index (χ3n) is 2.77. The van der Waals surface area contributed by atoms with Crippen LogP contribution in [0.5, 0.6) is 5.75 Å². The second kappa shape index (κ2) is 8.42. The number of hydrogen-bond donors (Lipinski definition) is 0. The molecule has 0 aromatic heterocycles.